The molecule has 1 aromatic rings. The summed E-state index contributed by atoms with van der Waals surface area (Å²) in [6, 6.07) is 7.35. The fraction of sp³-hybridized carbons (Fsp3) is 0.667. The molecule has 0 aliphatic carbocycles. The van der Waals surface area contributed by atoms with Crippen molar-refractivity contribution >= 4 is 5.97 Å². The number of aliphatic carboxylic acids is 1. The highest BCUT2D eigenvalue weighted by atomic mass is 16.6. The first-order valence-electron chi connectivity index (χ1n) is 9.70. The van der Waals surface area contributed by atoms with E-state index in [2.05, 4.69) is 0 Å². The molecule has 0 amide bonds. The molecule has 1 aliphatic rings. The van der Waals surface area contributed by atoms with Crippen molar-refractivity contribution in [2.24, 2.45) is 5.41 Å². The molecule has 1 N–H and O–H groups in total. The molecule has 2 unspecified atom stereocenters. The lowest BCUT2D eigenvalue weighted by Crippen LogP contribution is -2.39. The van der Waals surface area contributed by atoms with Gasteiger partial charge in [-0.1, -0.05) is 32.9 Å². The summed E-state index contributed by atoms with van der Waals surface area (Å²) in [6.45, 7) is 11.4. The fourth-order valence-electron chi connectivity index (χ4n) is 3.05. The Hall–Kier alpha value is -1.67. The zero-order valence-electron chi connectivity index (χ0n) is 17.2. The second-order valence-corrected chi connectivity index (χ2v) is 7.63. The van der Waals surface area contributed by atoms with Crippen LogP contribution < -0.4 is 4.74 Å². The van der Waals surface area contributed by atoms with Crippen LogP contribution in [0.4, 0.5) is 0 Å². The van der Waals surface area contributed by atoms with E-state index in [1.54, 1.807) is 0 Å². The van der Waals surface area contributed by atoms with Crippen molar-refractivity contribution in [1.29, 1.82) is 0 Å². The van der Waals surface area contributed by atoms with Crippen LogP contribution in [0.3, 0.4) is 0 Å². The van der Waals surface area contributed by atoms with E-state index in [-0.39, 0.29) is 0 Å². The van der Waals surface area contributed by atoms with Crippen LogP contribution in [0.25, 0.3) is 0 Å². The molecular formula is C21H32O7. The van der Waals surface area contributed by atoms with E-state index < -0.39 is 23.1 Å². The van der Waals surface area contributed by atoms with Crippen LogP contribution >= 0.6 is 0 Å². The maximum absolute atomic E-state index is 11.7. The Morgan fingerprint density at radius 3 is 2.00 bits per heavy atom. The molecule has 1 fully saturated rings. The van der Waals surface area contributed by atoms with E-state index >= 15 is 0 Å². The standard InChI is InChI=1S/C21H32O7/c1-5-24-10-11-25-12-13-26-14-15-27-17-8-6-16(7-9-17)18-21(28-18,19(22)23)20(2,3)4/h6-9,18H,5,10-15H2,1-4H3,(H,22,23). The lowest BCUT2D eigenvalue weighted by Gasteiger charge is -2.24. The third-order valence-corrected chi connectivity index (χ3v) is 4.68. The van der Waals surface area contributed by atoms with Gasteiger partial charge in [0.2, 0.25) is 5.60 Å². The van der Waals surface area contributed by atoms with Crippen molar-refractivity contribution in [3.63, 3.8) is 0 Å². The molecule has 0 aromatic heterocycles. The molecule has 7 heteroatoms. The van der Waals surface area contributed by atoms with Gasteiger partial charge >= 0.3 is 5.97 Å². The molecule has 1 aliphatic heterocycles. The van der Waals surface area contributed by atoms with Crippen molar-refractivity contribution < 1.29 is 33.6 Å². The first kappa shape index (κ1) is 22.6. The van der Waals surface area contributed by atoms with Crippen LogP contribution in [0.5, 0.6) is 5.75 Å². The zero-order chi connectivity index (χ0) is 20.6. The first-order valence-corrected chi connectivity index (χ1v) is 9.70. The van der Waals surface area contributed by atoms with Crippen LogP contribution in [0.2, 0.25) is 0 Å². The Kier molecular flexibility index (Phi) is 8.24. The first-order chi connectivity index (χ1) is 13.3. The minimum Gasteiger partial charge on any atom is -0.491 e. The number of hydrogen-bond acceptors (Lipinski definition) is 6. The number of ether oxygens (including phenoxy) is 5. The smallest absolute Gasteiger partial charge is 0.339 e. The summed E-state index contributed by atoms with van der Waals surface area (Å²) in [5, 5.41) is 9.61. The minimum absolute atomic E-state index is 0.430. The third kappa shape index (κ3) is 5.67. The van der Waals surface area contributed by atoms with Crippen LogP contribution in [-0.4, -0.2) is 62.9 Å². The summed E-state index contributed by atoms with van der Waals surface area (Å²) in [5.74, 6) is -0.220. The average Bonchev–Trinajstić information content (AvgIpc) is 3.41. The molecule has 1 saturated heterocycles. The Morgan fingerprint density at radius 1 is 1.00 bits per heavy atom. The Labute approximate surface area is 166 Å². The molecule has 0 bridgehead atoms. The predicted molar refractivity (Wildman–Crippen MR) is 104 cm³/mol. The maximum atomic E-state index is 11.7. The number of benzene rings is 1. The predicted octanol–water partition coefficient (Wildman–Crippen LogP) is 3.08. The van der Waals surface area contributed by atoms with Gasteiger partial charge in [0, 0.05) is 12.0 Å². The molecule has 2 rings (SSSR count). The fourth-order valence-corrected chi connectivity index (χ4v) is 3.05. The molecule has 1 aromatic carbocycles. The zero-order valence-corrected chi connectivity index (χ0v) is 17.2. The van der Waals surface area contributed by atoms with Crippen LogP contribution in [-0.2, 0) is 23.7 Å². The molecule has 0 radical (unpaired) electrons. The number of epoxide rings is 1. The lowest BCUT2D eigenvalue weighted by molar-refractivity contribution is -0.147. The van der Waals surface area contributed by atoms with Gasteiger partial charge in [0.1, 0.15) is 18.5 Å². The summed E-state index contributed by atoms with van der Waals surface area (Å²) in [5.41, 5.74) is -0.832. The van der Waals surface area contributed by atoms with E-state index in [1.165, 1.54) is 0 Å². The molecule has 0 saturated carbocycles. The van der Waals surface area contributed by atoms with Crippen LogP contribution in [0.1, 0.15) is 39.4 Å². The Morgan fingerprint density at radius 2 is 1.54 bits per heavy atom. The van der Waals surface area contributed by atoms with Crippen LogP contribution in [0.15, 0.2) is 24.3 Å². The average molecular weight is 396 g/mol. The van der Waals surface area contributed by atoms with Gasteiger partial charge in [0.25, 0.3) is 0 Å². The summed E-state index contributed by atoms with van der Waals surface area (Å²) in [7, 11) is 0. The normalized spacial score (nSPS) is 21.5. The van der Waals surface area contributed by atoms with Crippen molar-refractivity contribution in [2.45, 2.75) is 39.4 Å². The molecule has 0 spiro atoms. The highest BCUT2D eigenvalue weighted by molar-refractivity contribution is 5.83. The van der Waals surface area contributed by atoms with Gasteiger partial charge in [-0.25, -0.2) is 4.79 Å². The van der Waals surface area contributed by atoms with E-state index in [9.17, 15) is 9.90 Å². The maximum Gasteiger partial charge on any atom is 0.339 e. The number of hydrogen-bond donors (Lipinski definition) is 1. The summed E-state index contributed by atoms with van der Waals surface area (Å²) < 4.78 is 27.3. The lowest BCUT2D eigenvalue weighted by atomic mass is 9.76. The van der Waals surface area contributed by atoms with Crippen molar-refractivity contribution in [1.82, 2.24) is 0 Å². The summed E-state index contributed by atoms with van der Waals surface area (Å²) >= 11 is 0. The number of carboxylic acids is 1. The quantitative estimate of drug-likeness (QED) is 0.405. The third-order valence-electron chi connectivity index (χ3n) is 4.68. The van der Waals surface area contributed by atoms with Crippen molar-refractivity contribution in [3.8, 4) is 5.75 Å². The van der Waals surface area contributed by atoms with Gasteiger partial charge in [-0.3, -0.25) is 0 Å². The minimum atomic E-state index is -1.17. The van der Waals surface area contributed by atoms with Gasteiger partial charge in [0.05, 0.1) is 33.0 Å². The molecule has 28 heavy (non-hydrogen) atoms. The van der Waals surface area contributed by atoms with Crippen molar-refractivity contribution in [2.75, 3.05) is 46.2 Å². The highest BCUT2D eigenvalue weighted by Crippen LogP contribution is 2.59. The van der Waals surface area contributed by atoms with Crippen LogP contribution in [0, 0.1) is 5.41 Å². The largest absolute Gasteiger partial charge is 0.491 e. The van der Waals surface area contributed by atoms with E-state index in [0.717, 1.165) is 5.56 Å². The Balaban J connectivity index is 1.67. The summed E-state index contributed by atoms with van der Waals surface area (Å²) in [4.78, 5) is 11.7. The molecule has 2 atom stereocenters. The van der Waals surface area contributed by atoms with Gasteiger partial charge in [-0.2, -0.15) is 0 Å². The Bertz CT molecular complexity index is 608. The van der Waals surface area contributed by atoms with Gasteiger partial charge in [-0.05, 0) is 24.6 Å². The SMILES string of the molecule is CCOCCOCCOCCOc1ccc(C2OC2(C(=O)O)C(C)(C)C)cc1. The topological polar surface area (TPSA) is 86.8 Å². The second-order valence-electron chi connectivity index (χ2n) is 7.63. The van der Waals surface area contributed by atoms with E-state index in [0.29, 0.717) is 52.0 Å². The number of carboxylic acid groups (broad SMARTS) is 1. The van der Waals surface area contributed by atoms with Crippen molar-refractivity contribution in [3.05, 3.63) is 29.8 Å². The van der Waals surface area contributed by atoms with Gasteiger partial charge in [-0.15, -0.1) is 0 Å². The van der Waals surface area contributed by atoms with Gasteiger partial charge < -0.3 is 28.8 Å². The number of carbonyl (C=O) groups is 1. The number of rotatable bonds is 13. The van der Waals surface area contributed by atoms with Gasteiger partial charge in [0.15, 0.2) is 0 Å². The van der Waals surface area contributed by atoms with E-state index in [1.807, 2.05) is 52.0 Å². The molecule has 158 valence electrons. The molecular weight excluding hydrogens is 364 g/mol. The van der Waals surface area contributed by atoms with E-state index in [4.69, 9.17) is 23.7 Å². The highest BCUT2D eigenvalue weighted by Gasteiger charge is 2.70. The molecule has 7 nitrogen and oxygen atoms in total. The second kappa shape index (κ2) is 10.2. The molecule has 1 heterocycles. The monoisotopic (exact) mass is 396 g/mol. The summed E-state index contributed by atoms with van der Waals surface area (Å²) in [6.07, 6.45) is -0.440.